The number of hydrogen-bond donors (Lipinski definition) is 3. The molecule has 9 nitrogen and oxygen atoms in total. The van der Waals surface area contributed by atoms with E-state index in [0.717, 1.165) is 32.1 Å². The number of carbonyl (C=O) groups is 3. The highest BCUT2D eigenvalue weighted by Crippen LogP contribution is 2.27. The minimum absolute atomic E-state index is 0.0300. The maximum Gasteiger partial charge on any atom is 0.240 e. The molecule has 2 aromatic carbocycles. The highest BCUT2D eigenvalue weighted by molar-refractivity contribution is 7.89. The Kier molecular flexibility index (Phi) is 7.51. The Morgan fingerprint density at radius 1 is 0.886 bits per heavy atom. The summed E-state index contributed by atoms with van der Waals surface area (Å²) in [4.78, 5) is 38.2. The lowest BCUT2D eigenvalue weighted by Crippen LogP contribution is -2.36. The van der Waals surface area contributed by atoms with Crippen LogP contribution < -0.4 is 20.3 Å². The molecule has 1 aliphatic heterocycles. The van der Waals surface area contributed by atoms with Crippen molar-refractivity contribution in [1.29, 1.82) is 0 Å². The largest absolute Gasteiger partial charge is 0.326 e. The second kappa shape index (κ2) is 10.6. The first-order chi connectivity index (χ1) is 16.7. The molecular weight excluding hydrogens is 468 g/mol. The van der Waals surface area contributed by atoms with Crippen molar-refractivity contribution in [3.63, 3.8) is 0 Å². The van der Waals surface area contributed by atoms with Gasteiger partial charge in [0.2, 0.25) is 27.7 Å². The van der Waals surface area contributed by atoms with Crippen molar-refractivity contribution >= 4 is 44.8 Å². The fourth-order valence-electron chi connectivity index (χ4n) is 4.53. The molecule has 0 bridgehead atoms. The second-order valence-electron chi connectivity index (χ2n) is 9.10. The van der Waals surface area contributed by atoms with Crippen LogP contribution in [-0.2, 0) is 24.4 Å². The van der Waals surface area contributed by atoms with Gasteiger partial charge in [0.05, 0.1) is 10.8 Å². The van der Waals surface area contributed by atoms with Crippen LogP contribution in [-0.4, -0.2) is 38.7 Å². The molecule has 1 atom stereocenters. The molecule has 1 aliphatic carbocycles. The molecule has 1 saturated carbocycles. The van der Waals surface area contributed by atoms with Crippen molar-refractivity contribution in [3.8, 4) is 0 Å². The number of rotatable bonds is 7. The molecule has 2 aliphatic rings. The van der Waals surface area contributed by atoms with E-state index >= 15 is 0 Å². The molecule has 35 heavy (non-hydrogen) atoms. The Balaban J connectivity index is 1.34. The fourth-order valence-corrected chi connectivity index (χ4v) is 5.84. The van der Waals surface area contributed by atoms with E-state index in [1.165, 1.54) is 19.1 Å². The maximum absolute atomic E-state index is 12.8. The number of amides is 3. The number of sulfonamides is 1. The number of nitrogens with zero attached hydrogens (tertiary/aromatic N) is 1. The van der Waals surface area contributed by atoms with Crippen LogP contribution in [0.4, 0.5) is 17.1 Å². The van der Waals surface area contributed by atoms with Crippen molar-refractivity contribution in [3.05, 3.63) is 48.5 Å². The van der Waals surface area contributed by atoms with Gasteiger partial charge < -0.3 is 15.5 Å². The molecule has 2 fully saturated rings. The van der Waals surface area contributed by atoms with Crippen LogP contribution in [0.2, 0.25) is 0 Å². The van der Waals surface area contributed by atoms with Gasteiger partial charge in [-0.1, -0.05) is 19.3 Å². The Bertz CT molecular complexity index is 1190. The molecule has 0 radical (unpaired) electrons. The van der Waals surface area contributed by atoms with Crippen molar-refractivity contribution < 1.29 is 22.8 Å². The summed E-state index contributed by atoms with van der Waals surface area (Å²) in [6.45, 7) is 1.66. The first-order valence-electron chi connectivity index (χ1n) is 11.8. The molecular formula is C25H30N4O5S. The quantitative estimate of drug-likeness (QED) is 0.541. The van der Waals surface area contributed by atoms with Crippen LogP contribution in [0.1, 0.15) is 45.4 Å². The molecule has 1 saturated heterocycles. The molecule has 4 rings (SSSR count). The van der Waals surface area contributed by atoms with Crippen molar-refractivity contribution in [2.24, 2.45) is 5.92 Å². The summed E-state index contributed by atoms with van der Waals surface area (Å²) in [5, 5.41) is 5.46. The highest BCUT2D eigenvalue weighted by Gasteiger charge is 2.35. The summed E-state index contributed by atoms with van der Waals surface area (Å²) in [6, 6.07) is 12.9. The summed E-state index contributed by atoms with van der Waals surface area (Å²) in [5.74, 6) is -1.17. The van der Waals surface area contributed by atoms with Gasteiger partial charge in [-0.25, -0.2) is 13.1 Å². The maximum atomic E-state index is 12.8. The summed E-state index contributed by atoms with van der Waals surface area (Å²) in [6.07, 6.45) is 4.98. The van der Waals surface area contributed by atoms with Gasteiger partial charge in [0, 0.05) is 43.0 Å². The standard InChI is InChI=1S/C25H30N4O5S/c1-17(30)26-19-7-11-22(12-8-19)29-16-18(15-24(29)31)25(32)27-20-9-13-23(14-10-20)35(33,34)28-21-5-3-2-4-6-21/h7-14,18,21,28H,2-6,15-16H2,1H3,(H,26,30)(H,27,32). The van der Waals surface area contributed by atoms with Crippen LogP contribution in [0.25, 0.3) is 0 Å². The molecule has 186 valence electrons. The zero-order valence-corrected chi connectivity index (χ0v) is 20.4. The zero-order valence-electron chi connectivity index (χ0n) is 19.6. The molecule has 3 N–H and O–H groups in total. The Morgan fingerprint density at radius 2 is 1.49 bits per heavy atom. The third kappa shape index (κ3) is 6.26. The van der Waals surface area contributed by atoms with Gasteiger partial charge in [0.1, 0.15) is 0 Å². The van der Waals surface area contributed by atoms with E-state index in [9.17, 15) is 22.8 Å². The fraction of sp³-hybridized carbons (Fsp3) is 0.400. The normalized spacial score (nSPS) is 18.9. The zero-order chi connectivity index (χ0) is 25.0. The van der Waals surface area contributed by atoms with Crippen LogP contribution >= 0.6 is 0 Å². The third-order valence-electron chi connectivity index (χ3n) is 6.35. The van der Waals surface area contributed by atoms with Crippen molar-refractivity contribution in [2.75, 3.05) is 22.1 Å². The lowest BCUT2D eigenvalue weighted by Gasteiger charge is -2.22. The van der Waals surface area contributed by atoms with Gasteiger partial charge in [-0.05, 0) is 61.4 Å². The van der Waals surface area contributed by atoms with E-state index in [-0.39, 0.29) is 41.6 Å². The van der Waals surface area contributed by atoms with Gasteiger partial charge in [0.15, 0.2) is 0 Å². The van der Waals surface area contributed by atoms with Crippen molar-refractivity contribution in [1.82, 2.24) is 4.72 Å². The van der Waals surface area contributed by atoms with Gasteiger partial charge in [-0.3, -0.25) is 14.4 Å². The number of carbonyl (C=O) groups excluding carboxylic acids is 3. The first kappa shape index (κ1) is 24.9. The summed E-state index contributed by atoms with van der Waals surface area (Å²) >= 11 is 0. The predicted octanol–water partition coefficient (Wildman–Crippen LogP) is 3.25. The minimum atomic E-state index is -3.61. The number of hydrogen-bond acceptors (Lipinski definition) is 5. The molecule has 1 unspecified atom stereocenters. The molecule has 2 aromatic rings. The average molecular weight is 499 g/mol. The van der Waals surface area contributed by atoms with Gasteiger partial charge in [-0.15, -0.1) is 0 Å². The van der Waals surface area contributed by atoms with Crippen LogP contribution in [0.5, 0.6) is 0 Å². The Hall–Kier alpha value is -3.24. The number of anilines is 3. The van der Waals surface area contributed by atoms with Crippen LogP contribution in [0.15, 0.2) is 53.4 Å². The molecule has 0 aromatic heterocycles. The van der Waals surface area contributed by atoms with E-state index < -0.39 is 15.9 Å². The van der Waals surface area contributed by atoms with Crippen LogP contribution in [0, 0.1) is 5.92 Å². The molecule has 10 heteroatoms. The number of benzene rings is 2. The van der Waals surface area contributed by atoms with E-state index in [2.05, 4.69) is 15.4 Å². The van der Waals surface area contributed by atoms with Gasteiger partial charge in [0.25, 0.3) is 0 Å². The first-order valence-corrected chi connectivity index (χ1v) is 13.3. The monoisotopic (exact) mass is 498 g/mol. The lowest BCUT2D eigenvalue weighted by atomic mass is 9.96. The van der Waals surface area contributed by atoms with E-state index in [1.807, 2.05) is 0 Å². The Morgan fingerprint density at radius 3 is 2.11 bits per heavy atom. The molecule has 0 spiro atoms. The van der Waals surface area contributed by atoms with E-state index in [4.69, 9.17) is 0 Å². The Labute approximate surface area is 205 Å². The summed E-state index contributed by atoms with van der Waals surface area (Å²) < 4.78 is 28.1. The van der Waals surface area contributed by atoms with Gasteiger partial charge in [-0.2, -0.15) is 0 Å². The van der Waals surface area contributed by atoms with Crippen LogP contribution in [0.3, 0.4) is 0 Å². The number of nitrogens with one attached hydrogen (secondary N) is 3. The van der Waals surface area contributed by atoms with E-state index in [0.29, 0.717) is 17.1 Å². The van der Waals surface area contributed by atoms with E-state index in [1.54, 1.807) is 41.3 Å². The summed E-state index contributed by atoms with van der Waals surface area (Å²) in [5.41, 5.74) is 1.75. The molecule has 1 heterocycles. The topological polar surface area (TPSA) is 125 Å². The average Bonchev–Trinajstić information content (AvgIpc) is 3.22. The SMILES string of the molecule is CC(=O)Nc1ccc(N2CC(C(=O)Nc3ccc(S(=O)(=O)NC4CCCCC4)cc3)CC2=O)cc1. The lowest BCUT2D eigenvalue weighted by molar-refractivity contribution is -0.122. The van der Waals surface area contributed by atoms with Crippen molar-refractivity contribution in [2.45, 2.75) is 56.4 Å². The molecule has 3 amide bonds. The van der Waals surface area contributed by atoms with Gasteiger partial charge >= 0.3 is 0 Å². The predicted molar refractivity (Wildman–Crippen MR) is 133 cm³/mol. The second-order valence-corrected chi connectivity index (χ2v) is 10.8. The minimum Gasteiger partial charge on any atom is -0.326 e. The smallest absolute Gasteiger partial charge is 0.240 e. The summed E-state index contributed by atoms with van der Waals surface area (Å²) in [7, 11) is -3.61. The third-order valence-corrected chi connectivity index (χ3v) is 7.89. The highest BCUT2D eigenvalue weighted by atomic mass is 32.2.